The van der Waals surface area contributed by atoms with Crippen LogP contribution in [0.15, 0.2) is 36.1 Å². The standard InChI is InChI=1S/C15H16N2O2/c1-10-7-14(9-16)19-15(8-10)12-3-5-13(6-4-12)17-11(2)18/h3-7,10,15H,8H2,1-2H3,(H,17,18)/t10-,15-/m1/s1. The fourth-order valence-corrected chi connectivity index (χ4v) is 2.16. The molecule has 1 aromatic carbocycles. The summed E-state index contributed by atoms with van der Waals surface area (Å²) in [6.07, 6.45) is 2.60. The summed E-state index contributed by atoms with van der Waals surface area (Å²) in [5.41, 5.74) is 1.78. The van der Waals surface area contributed by atoms with Gasteiger partial charge in [-0.15, -0.1) is 0 Å². The average molecular weight is 256 g/mol. The number of hydrogen-bond donors (Lipinski definition) is 1. The van der Waals surface area contributed by atoms with Crippen LogP contribution < -0.4 is 5.32 Å². The molecule has 1 heterocycles. The van der Waals surface area contributed by atoms with E-state index in [-0.39, 0.29) is 12.0 Å². The molecule has 1 aliphatic heterocycles. The van der Waals surface area contributed by atoms with Crippen LogP contribution in [-0.4, -0.2) is 5.91 Å². The molecule has 0 unspecified atom stereocenters. The van der Waals surface area contributed by atoms with Crippen molar-refractivity contribution >= 4 is 11.6 Å². The lowest BCUT2D eigenvalue weighted by atomic mass is 9.95. The molecule has 0 aliphatic carbocycles. The fourth-order valence-electron chi connectivity index (χ4n) is 2.16. The first-order valence-electron chi connectivity index (χ1n) is 6.24. The summed E-state index contributed by atoms with van der Waals surface area (Å²) in [4.78, 5) is 10.9. The number of carbonyl (C=O) groups excluding carboxylic acids is 1. The van der Waals surface area contributed by atoms with Gasteiger partial charge in [-0.1, -0.05) is 19.1 Å². The summed E-state index contributed by atoms with van der Waals surface area (Å²) in [7, 11) is 0. The van der Waals surface area contributed by atoms with E-state index in [1.807, 2.05) is 30.3 Å². The highest BCUT2D eigenvalue weighted by atomic mass is 16.5. The van der Waals surface area contributed by atoms with Crippen molar-refractivity contribution in [3.63, 3.8) is 0 Å². The normalized spacial score (nSPS) is 21.8. The minimum Gasteiger partial charge on any atom is -0.476 e. The smallest absolute Gasteiger partial charge is 0.221 e. The Balaban J connectivity index is 2.13. The molecule has 1 amide bonds. The number of ether oxygens (including phenoxy) is 1. The molecule has 0 radical (unpaired) electrons. The number of nitriles is 1. The van der Waals surface area contributed by atoms with Gasteiger partial charge in [0.25, 0.3) is 0 Å². The predicted octanol–water partition coefficient (Wildman–Crippen LogP) is 3.15. The van der Waals surface area contributed by atoms with Gasteiger partial charge in [-0.2, -0.15) is 5.26 Å². The van der Waals surface area contributed by atoms with Crippen LogP contribution in [0.5, 0.6) is 0 Å². The van der Waals surface area contributed by atoms with Gasteiger partial charge in [0.2, 0.25) is 5.91 Å². The predicted molar refractivity (Wildman–Crippen MR) is 72.0 cm³/mol. The number of rotatable bonds is 2. The number of allylic oxidation sites excluding steroid dienone is 2. The number of anilines is 1. The highest BCUT2D eigenvalue weighted by Gasteiger charge is 2.22. The Bertz CT molecular complexity index is 540. The summed E-state index contributed by atoms with van der Waals surface area (Å²) < 4.78 is 5.63. The van der Waals surface area contributed by atoms with E-state index >= 15 is 0 Å². The molecule has 0 spiro atoms. The monoisotopic (exact) mass is 256 g/mol. The number of hydrogen-bond acceptors (Lipinski definition) is 3. The van der Waals surface area contributed by atoms with Gasteiger partial charge in [0.05, 0.1) is 0 Å². The number of benzene rings is 1. The second kappa shape index (κ2) is 5.57. The van der Waals surface area contributed by atoms with E-state index in [1.165, 1.54) is 6.92 Å². The van der Waals surface area contributed by atoms with Gasteiger partial charge < -0.3 is 10.1 Å². The molecule has 1 aromatic rings. The third kappa shape index (κ3) is 3.35. The van der Waals surface area contributed by atoms with Crippen molar-refractivity contribution in [2.24, 2.45) is 5.92 Å². The van der Waals surface area contributed by atoms with Gasteiger partial charge in [0.1, 0.15) is 12.2 Å². The molecular formula is C15H16N2O2. The molecule has 2 rings (SSSR count). The Morgan fingerprint density at radius 2 is 2.11 bits per heavy atom. The van der Waals surface area contributed by atoms with Crippen molar-refractivity contribution in [2.75, 3.05) is 5.32 Å². The molecule has 0 saturated carbocycles. The van der Waals surface area contributed by atoms with Crippen molar-refractivity contribution in [3.8, 4) is 6.07 Å². The van der Waals surface area contributed by atoms with Crippen LogP contribution in [0.25, 0.3) is 0 Å². The lowest BCUT2D eigenvalue weighted by Gasteiger charge is -2.25. The van der Waals surface area contributed by atoms with Crippen molar-refractivity contribution in [2.45, 2.75) is 26.4 Å². The average Bonchev–Trinajstić information content (AvgIpc) is 2.38. The molecule has 0 saturated heterocycles. The molecule has 0 fully saturated rings. The molecule has 4 nitrogen and oxygen atoms in total. The topological polar surface area (TPSA) is 62.1 Å². The van der Waals surface area contributed by atoms with Crippen molar-refractivity contribution < 1.29 is 9.53 Å². The van der Waals surface area contributed by atoms with Crippen LogP contribution >= 0.6 is 0 Å². The molecule has 98 valence electrons. The SMILES string of the molecule is CC(=O)Nc1ccc([C@H]2C[C@H](C)C=C(C#N)O2)cc1. The first-order chi connectivity index (χ1) is 9.08. The zero-order valence-electron chi connectivity index (χ0n) is 11.0. The summed E-state index contributed by atoms with van der Waals surface area (Å²) in [5, 5.41) is 11.6. The van der Waals surface area contributed by atoms with E-state index < -0.39 is 0 Å². The summed E-state index contributed by atoms with van der Waals surface area (Å²) >= 11 is 0. The van der Waals surface area contributed by atoms with Gasteiger partial charge in [-0.05, 0) is 36.1 Å². The quantitative estimate of drug-likeness (QED) is 0.884. The van der Waals surface area contributed by atoms with E-state index in [2.05, 4.69) is 18.3 Å². The zero-order chi connectivity index (χ0) is 13.8. The summed E-state index contributed by atoms with van der Waals surface area (Å²) in [6.45, 7) is 3.54. The van der Waals surface area contributed by atoms with Gasteiger partial charge >= 0.3 is 0 Å². The second-order valence-electron chi connectivity index (χ2n) is 4.77. The number of amides is 1. The third-order valence-electron chi connectivity index (χ3n) is 3.00. The van der Waals surface area contributed by atoms with Gasteiger partial charge in [0, 0.05) is 12.6 Å². The van der Waals surface area contributed by atoms with Gasteiger partial charge in [-0.3, -0.25) is 4.79 Å². The van der Waals surface area contributed by atoms with Gasteiger partial charge in [0.15, 0.2) is 5.76 Å². The molecule has 4 heteroatoms. The van der Waals surface area contributed by atoms with Crippen molar-refractivity contribution in [1.29, 1.82) is 5.26 Å². The zero-order valence-corrected chi connectivity index (χ0v) is 11.0. The Hall–Kier alpha value is -2.28. The lowest BCUT2D eigenvalue weighted by molar-refractivity contribution is -0.114. The van der Waals surface area contributed by atoms with Crippen molar-refractivity contribution in [3.05, 3.63) is 41.7 Å². The highest BCUT2D eigenvalue weighted by molar-refractivity contribution is 5.88. The first kappa shape index (κ1) is 13.2. The number of nitrogens with one attached hydrogen (secondary N) is 1. The third-order valence-corrected chi connectivity index (χ3v) is 3.00. The maximum Gasteiger partial charge on any atom is 0.221 e. The summed E-state index contributed by atoms with van der Waals surface area (Å²) in [6, 6.07) is 9.58. The molecular weight excluding hydrogens is 240 g/mol. The molecule has 0 bridgehead atoms. The first-order valence-corrected chi connectivity index (χ1v) is 6.24. The van der Waals surface area contributed by atoms with Crippen LogP contribution in [0, 0.1) is 17.2 Å². The second-order valence-corrected chi connectivity index (χ2v) is 4.77. The maximum absolute atomic E-state index is 10.9. The molecule has 2 atom stereocenters. The number of nitrogens with zero attached hydrogens (tertiary/aromatic N) is 1. The van der Waals surface area contributed by atoms with E-state index in [0.29, 0.717) is 11.7 Å². The Morgan fingerprint density at radius 1 is 1.42 bits per heavy atom. The van der Waals surface area contributed by atoms with Gasteiger partial charge in [-0.25, -0.2) is 0 Å². The van der Waals surface area contributed by atoms with Crippen molar-refractivity contribution in [1.82, 2.24) is 0 Å². The van der Waals surface area contributed by atoms with E-state index in [4.69, 9.17) is 10.00 Å². The van der Waals surface area contributed by atoms with E-state index in [1.54, 1.807) is 0 Å². The van der Waals surface area contributed by atoms with Crippen LogP contribution in [-0.2, 0) is 9.53 Å². The highest BCUT2D eigenvalue weighted by Crippen LogP contribution is 2.33. The molecule has 19 heavy (non-hydrogen) atoms. The lowest BCUT2D eigenvalue weighted by Crippen LogP contribution is -2.13. The molecule has 1 N–H and O–H groups in total. The van der Waals surface area contributed by atoms with Crippen LogP contribution in [0.1, 0.15) is 31.9 Å². The van der Waals surface area contributed by atoms with Crippen LogP contribution in [0.3, 0.4) is 0 Å². The fraction of sp³-hybridized carbons (Fsp3) is 0.333. The van der Waals surface area contributed by atoms with E-state index in [9.17, 15) is 4.79 Å². The minimum absolute atomic E-state index is 0.0926. The molecule has 1 aliphatic rings. The Labute approximate surface area is 112 Å². The number of carbonyl (C=O) groups is 1. The van der Waals surface area contributed by atoms with Crippen LogP contribution in [0.4, 0.5) is 5.69 Å². The Morgan fingerprint density at radius 3 is 2.68 bits per heavy atom. The minimum atomic E-state index is -0.0963. The maximum atomic E-state index is 10.9. The summed E-state index contributed by atoms with van der Waals surface area (Å²) in [5.74, 6) is 0.614. The molecule has 0 aromatic heterocycles. The van der Waals surface area contributed by atoms with E-state index in [0.717, 1.165) is 17.7 Å². The Kier molecular flexibility index (Phi) is 3.86. The largest absolute Gasteiger partial charge is 0.476 e. The van der Waals surface area contributed by atoms with Crippen LogP contribution in [0.2, 0.25) is 0 Å².